The van der Waals surface area contributed by atoms with Crippen LogP contribution in [0.5, 0.6) is 0 Å². The highest BCUT2D eigenvalue weighted by molar-refractivity contribution is 5.83. The average molecular weight is 251 g/mol. The Bertz CT molecular complexity index is 721. The molecule has 0 aliphatic carbocycles. The monoisotopic (exact) mass is 251 g/mol. The maximum Gasteiger partial charge on any atom is 0.139 e. The van der Waals surface area contributed by atoms with Crippen molar-refractivity contribution in [2.45, 2.75) is 20.4 Å². The van der Waals surface area contributed by atoms with Crippen molar-refractivity contribution in [2.24, 2.45) is 5.73 Å². The van der Waals surface area contributed by atoms with E-state index in [1.165, 1.54) is 16.7 Å². The maximum absolute atomic E-state index is 5.77. The molecule has 3 rings (SSSR count). The Kier molecular flexibility index (Phi) is 2.84. The number of H-pyrrole nitrogens is 1. The number of imidazole rings is 1. The minimum atomic E-state index is 0.508. The molecule has 0 aliphatic heterocycles. The standard InChI is InChI=1S/C16H17N3/c1-10-5-3-6-11(2)14(10)16-18-13-8-4-7-12(9-17)15(13)19-16/h3-8H,9,17H2,1-2H3,(H,18,19). The molecule has 0 aliphatic rings. The van der Waals surface area contributed by atoms with Crippen LogP contribution in [0.4, 0.5) is 0 Å². The molecule has 0 atom stereocenters. The van der Waals surface area contributed by atoms with E-state index in [0.717, 1.165) is 22.4 Å². The summed E-state index contributed by atoms with van der Waals surface area (Å²) in [6.45, 7) is 4.73. The summed E-state index contributed by atoms with van der Waals surface area (Å²) in [5.41, 5.74) is 12.5. The number of hydrogen-bond donors (Lipinski definition) is 2. The number of nitrogens with one attached hydrogen (secondary N) is 1. The molecule has 0 unspecified atom stereocenters. The van der Waals surface area contributed by atoms with E-state index in [1.54, 1.807) is 0 Å². The minimum absolute atomic E-state index is 0.508. The normalized spacial score (nSPS) is 11.1. The summed E-state index contributed by atoms with van der Waals surface area (Å²) in [5.74, 6) is 0.923. The zero-order chi connectivity index (χ0) is 13.4. The molecule has 3 heteroatoms. The van der Waals surface area contributed by atoms with Crippen LogP contribution in [0.15, 0.2) is 36.4 Å². The molecule has 0 radical (unpaired) electrons. The van der Waals surface area contributed by atoms with E-state index >= 15 is 0 Å². The number of aryl methyl sites for hydroxylation is 2. The third kappa shape index (κ3) is 1.92. The summed E-state index contributed by atoms with van der Waals surface area (Å²) < 4.78 is 0. The van der Waals surface area contributed by atoms with Crippen molar-refractivity contribution >= 4 is 11.0 Å². The Balaban J connectivity index is 2.27. The molecule has 3 aromatic rings. The lowest BCUT2D eigenvalue weighted by atomic mass is 10.0. The van der Waals surface area contributed by atoms with Crippen molar-refractivity contribution in [3.8, 4) is 11.4 Å². The van der Waals surface area contributed by atoms with E-state index < -0.39 is 0 Å². The summed E-state index contributed by atoms with van der Waals surface area (Å²) in [7, 11) is 0. The molecule has 19 heavy (non-hydrogen) atoms. The van der Waals surface area contributed by atoms with E-state index in [2.05, 4.69) is 37.0 Å². The number of nitrogens with zero attached hydrogens (tertiary/aromatic N) is 1. The Labute approximate surface area is 112 Å². The van der Waals surface area contributed by atoms with Crippen molar-refractivity contribution in [1.29, 1.82) is 0 Å². The Hall–Kier alpha value is -2.13. The first-order chi connectivity index (χ1) is 9.20. The number of aromatic amines is 1. The van der Waals surface area contributed by atoms with Crippen LogP contribution in [0.1, 0.15) is 16.7 Å². The fourth-order valence-corrected chi connectivity index (χ4v) is 2.56. The van der Waals surface area contributed by atoms with Crippen LogP contribution in [0.3, 0.4) is 0 Å². The highest BCUT2D eigenvalue weighted by Crippen LogP contribution is 2.27. The third-order valence-corrected chi connectivity index (χ3v) is 3.53. The van der Waals surface area contributed by atoms with E-state index in [-0.39, 0.29) is 0 Å². The van der Waals surface area contributed by atoms with Crippen LogP contribution in [-0.2, 0) is 6.54 Å². The molecule has 1 heterocycles. The number of nitrogens with two attached hydrogens (primary N) is 1. The molecule has 0 saturated heterocycles. The van der Waals surface area contributed by atoms with Gasteiger partial charge in [-0.3, -0.25) is 0 Å². The predicted molar refractivity (Wildman–Crippen MR) is 78.9 cm³/mol. The summed E-state index contributed by atoms with van der Waals surface area (Å²) in [5, 5.41) is 0. The minimum Gasteiger partial charge on any atom is -0.338 e. The van der Waals surface area contributed by atoms with Crippen LogP contribution in [0.2, 0.25) is 0 Å². The molecular formula is C16H17N3. The SMILES string of the molecule is Cc1cccc(C)c1-c1nc2c(CN)cccc2[nH]1. The van der Waals surface area contributed by atoms with Crippen LogP contribution < -0.4 is 5.73 Å². The van der Waals surface area contributed by atoms with Gasteiger partial charge in [-0.15, -0.1) is 0 Å². The largest absolute Gasteiger partial charge is 0.338 e. The molecule has 1 aromatic heterocycles. The summed E-state index contributed by atoms with van der Waals surface area (Å²) >= 11 is 0. The van der Waals surface area contributed by atoms with Gasteiger partial charge in [0, 0.05) is 12.1 Å². The van der Waals surface area contributed by atoms with Gasteiger partial charge in [0.2, 0.25) is 0 Å². The van der Waals surface area contributed by atoms with Gasteiger partial charge in [0.05, 0.1) is 11.0 Å². The van der Waals surface area contributed by atoms with Crippen molar-refractivity contribution in [2.75, 3.05) is 0 Å². The molecule has 3 N–H and O–H groups in total. The lowest BCUT2D eigenvalue weighted by Gasteiger charge is -2.05. The average Bonchev–Trinajstić information content (AvgIpc) is 2.81. The molecule has 3 nitrogen and oxygen atoms in total. The summed E-state index contributed by atoms with van der Waals surface area (Å²) in [4.78, 5) is 8.14. The lowest BCUT2D eigenvalue weighted by Crippen LogP contribution is -1.96. The van der Waals surface area contributed by atoms with E-state index in [1.807, 2.05) is 18.2 Å². The van der Waals surface area contributed by atoms with Crippen LogP contribution in [-0.4, -0.2) is 9.97 Å². The third-order valence-electron chi connectivity index (χ3n) is 3.53. The van der Waals surface area contributed by atoms with Gasteiger partial charge in [-0.2, -0.15) is 0 Å². The first kappa shape index (κ1) is 11.9. The zero-order valence-corrected chi connectivity index (χ0v) is 11.2. The molecule has 0 amide bonds. The molecule has 0 saturated carbocycles. The Morgan fingerprint density at radius 3 is 2.42 bits per heavy atom. The quantitative estimate of drug-likeness (QED) is 0.734. The second-order valence-electron chi connectivity index (χ2n) is 4.87. The first-order valence-corrected chi connectivity index (χ1v) is 6.45. The highest BCUT2D eigenvalue weighted by Gasteiger charge is 2.11. The van der Waals surface area contributed by atoms with Crippen molar-refractivity contribution in [3.05, 3.63) is 53.1 Å². The number of aromatic nitrogens is 2. The smallest absolute Gasteiger partial charge is 0.139 e. The van der Waals surface area contributed by atoms with E-state index in [4.69, 9.17) is 10.7 Å². The van der Waals surface area contributed by atoms with Gasteiger partial charge in [0.25, 0.3) is 0 Å². The van der Waals surface area contributed by atoms with Crippen LogP contribution in [0, 0.1) is 13.8 Å². The van der Waals surface area contributed by atoms with Gasteiger partial charge >= 0.3 is 0 Å². The van der Waals surface area contributed by atoms with E-state index in [0.29, 0.717) is 6.54 Å². The fourth-order valence-electron chi connectivity index (χ4n) is 2.56. The maximum atomic E-state index is 5.77. The van der Waals surface area contributed by atoms with Gasteiger partial charge < -0.3 is 10.7 Å². The molecule has 96 valence electrons. The number of para-hydroxylation sites is 1. The second-order valence-corrected chi connectivity index (χ2v) is 4.87. The first-order valence-electron chi connectivity index (χ1n) is 6.45. The lowest BCUT2D eigenvalue weighted by molar-refractivity contribution is 1.08. The van der Waals surface area contributed by atoms with Crippen molar-refractivity contribution in [1.82, 2.24) is 9.97 Å². The molecule has 0 spiro atoms. The van der Waals surface area contributed by atoms with Gasteiger partial charge in [0.1, 0.15) is 5.82 Å². The second kappa shape index (κ2) is 4.52. The van der Waals surface area contributed by atoms with Gasteiger partial charge in [-0.05, 0) is 36.6 Å². The zero-order valence-electron chi connectivity index (χ0n) is 11.2. The number of fused-ring (bicyclic) bond motifs is 1. The van der Waals surface area contributed by atoms with Crippen molar-refractivity contribution in [3.63, 3.8) is 0 Å². The number of rotatable bonds is 2. The molecule has 2 aromatic carbocycles. The van der Waals surface area contributed by atoms with Gasteiger partial charge in [-0.1, -0.05) is 30.3 Å². The fraction of sp³-hybridized carbons (Fsp3) is 0.188. The van der Waals surface area contributed by atoms with Gasteiger partial charge in [0.15, 0.2) is 0 Å². The topological polar surface area (TPSA) is 54.7 Å². The Morgan fingerprint density at radius 1 is 1.05 bits per heavy atom. The Morgan fingerprint density at radius 2 is 1.74 bits per heavy atom. The number of benzene rings is 2. The van der Waals surface area contributed by atoms with Gasteiger partial charge in [-0.25, -0.2) is 4.98 Å². The highest BCUT2D eigenvalue weighted by atomic mass is 14.9. The molecule has 0 bridgehead atoms. The number of hydrogen-bond acceptors (Lipinski definition) is 2. The summed E-state index contributed by atoms with van der Waals surface area (Å²) in [6.07, 6.45) is 0. The summed E-state index contributed by atoms with van der Waals surface area (Å²) in [6, 6.07) is 12.4. The van der Waals surface area contributed by atoms with Crippen LogP contribution >= 0.6 is 0 Å². The molecular weight excluding hydrogens is 234 g/mol. The molecule has 0 fully saturated rings. The van der Waals surface area contributed by atoms with Crippen LogP contribution in [0.25, 0.3) is 22.4 Å². The van der Waals surface area contributed by atoms with Crippen molar-refractivity contribution < 1.29 is 0 Å². The van der Waals surface area contributed by atoms with E-state index in [9.17, 15) is 0 Å². The predicted octanol–water partition coefficient (Wildman–Crippen LogP) is 3.31.